The lowest BCUT2D eigenvalue weighted by Gasteiger charge is -2.17. The summed E-state index contributed by atoms with van der Waals surface area (Å²) in [6, 6.07) is 11.5. The molecule has 0 aliphatic heterocycles. The largest absolute Gasteiger partial charge is 0.280 e. The van der Waals surface area contributed by atoms with E-state index >= 15 is 0 Å². The average Bonchev–Trinajstić information content (AvgIpc) is 2.78. The van der Waals surface area contributed by atoms with Gasteiger partial charge >= 0.3 is 0 Å². The van der Waals surface area contributed by atoms with Gasteiger partial charge in [0.1, 0.15) is 5.82 Å². The highest BCUT2D eigenvalue weighted by molar-refractivity contribution is 5.77. The Morgan fingerprint density at radius 1 is 1.00 bits per heavy atom. The SMILES string of the molecule is CCc1nc2ccccc2c(=O)n1-n1c(C)ccc1C. The molecule has 0 aliphatic rings. The van der Waals surface area contributed by atoms with Crippen LogP contribution in [0.1, 0.15) is 24.1 Å². The topological polar surface area (TPSA) is 39.8 Å². The zero-order chi connectivity index (χ0) is 14.3. The van der Waals surface area contributed by atoms with Crippen molar-refractivity contribution in [1.82, 2.24) is 14.3 Å². The number of aromatic nitrogens is 3. The normalized spacial score (nSPS) is 11.2. The van der Waals surface area contributed by atoms with E-state index < -0.39 is 0 Å². The van der Waals surface area contributed by atoms with Gasteiger partial charge in [-0.3, -0.25) is 9.47 Å². The molecular weight excluding hydrogens is 250 g/mol. The molecule has 1 aromatic carbocycles. The zero-order valence-electron chi connectivity index (χ0n) is 11.9. The molecule has 3 rings (SSSR count). The maximum Gasteiger partial charge on any atom is 0.280 e. The van der Waals surface area contributed by atoms with Crippen LogP contribution in [0.4, 0.5) is 0 Å². The fourth-order valence-electron chi connectivity index (χ4n) is 2.58. The number of hydrogen-bond donors (Lipinski definition) is 0. The molecule has 20 heavy (non-hydrogen) atoms. The van der Waals surface area contributed by atoms with Crippen LogP contribution >= 0.6 is 0 Å². The summed E-state index contributed by atoms with van der Waals surface area (Å²) >= 11 is 0. The lowest BCUT2D eigenvalue weighted by atomic mass is 10.2. The molecule has 2 heterocycles. The number of rotatable bonds is 2. The summed E-state index contributed by atoms with van der Waals surface area (Å²) < 4.78 is 3.62. The van der Waals surface area contributed by atoms with Gasteiger partial charge in [-0.25, -0.2) is 4.98 Å². The first-order valence-electron chi connectivity index (χ1n) is 6.79. The summed E-state index contributed by atoms with van der Waals surface area (Å²) in [7, 11) is 0. The minimum absolute atomic E-state index is 0.0187. The van der Waals surface area contributed by atoms with Gasteiger partial charge in [0.25, 0.3) is 5.56 Å². The van der Waals surface area contributed by atoms with Crippen molar-refractivity contribution < 1.29 is 0 Å². The van der Waals surface area contributed by atoms with Crippen molar-refractivity contribution in [3.05, 3.63) is 64.0 Å². The summed E-state index contributed by atoms with van der Waals surface area (Å²) in [5.74, 6) is 0.774. The lowest BCUT2D eigenvalue weighted by molar-refractivity contribution is 0.560. The van der Waals surface area contributed by atoms with E-state index in [1.54, 1.807) is 4.68 Å². The van der Waals surface area contributed by atoms with Crippen LogP contribution < -0.4 is 5.56 Å². The van der Waals surface area contributed by atoms with Crippen LogP contribution in [-0.2, 0) is 6.42 Å². The van der Waals surface area contributed by atoms with Gasteiger partial charge in [0.15, 0.2) is 0 Å². The highest BCUT2D eigenvalue weighted by Gasteiger charge is 2.13. The minimum atomic E-state index is -0.0187. The summed E-state index contributed by atoms with van der Waals surface area (Å²) in [4.78, 5) is 17.4. The van der Waals surface area contributed by atoms with E-state index in [-0.39, 0.29) is 5.56 Å². The lowest BCUT2D eigenvalue weighted by Crippen LogP contribution is -2.31. The third-order valence-electron chi connectivity index (χ3n) is 3.57. The van der Waals surface area contributed by atoms with E-state index in [1.165, 1.54) is 0 Å². The monoisotopic (exact) mass is 267 g/mol. The molecule has 0 atom stereocenters. The Labute approximate surface area is 117 Å². The van der Waals surface area contributed by atoms with E-state index in [2.05, 4.69) is 4.98 Å². The smallest absolute Gasteiger partial charge is 0.267 e. The molecule has 0 amide bonds. The Balaban J connectivity index is 2.46. The number of benzene rings is 1. The van der Waals surface area contributed by atoms with Crippen molar-refractivity contribution >= 4 is 10.9 Å². The molecule has 0 spiro atoms. The molecular formula is C16H17N3O. The molecule has 3 aromatic rings. The van der Waals surface area contributed by atoms with Gasteiger partial charge in [-0.15, -0.1) is 0 Å². The second-order valence-electron chi connectivity index (χ2n) is 4.94. The maximum atomic E-state index is 12.8. The Morgan fingerprint density at radius 3 is 2.30 bits per heavy atom. The average molecular weight is 267 g/mol. The van der Waals surface area contributed by atoms with Crippen LogP contribution in [0.3, 0.4) is 0 Å². The number of para-hydroxylation sites is 1. The predicted octanol–water partition coefficient (Wildman–Crippen LogP) is 2.69. The van der Waals surface area contributed by atoms with Crippen molar-refractivity contribution in [3.8, 4) is 0 Å². The zero-order valence-corrected chi connectivity index (χ0v) is 11.9. The van der Waals surface area contributed by atoms with Crippen molar-refractivity contribution in [2.24, 2.45) is 0 Å². The van der Waals surface area contributed by atoms with Crippen LogP contribution in [-0.4, -0.2) is 14.3 Å². The van der Waals surface area contributed by atoms with Crippen LogP contribution in [0, 0.1) is 13.8 Å². The number of hydrogen-bond acceptors (Lipinski definition) is 2. The van der Waals surface area contributed by atoms with Gasteiger partial charge in [-0.05, 0) is 38.1 Å². The van der Waals surface area contributed by atoms with Crippen LogP contribution in [0.5, 0.6) is 0 Å². The molecule has 0 N–H and O–H groups in total. The van der Waals surface area contributed by atoms with Gasteiger partial charge in [0, 0.05) is 17.8 Å². The standard InChI is InChI=1S/C16H17N3O/c1-4-15-17-14-8-6-5-7-13(14)16(20)19(15)18-11(2)9-10-12(18)3/h5-10H,4H2,1-3H3. The van der Waals surface area contributed by atoms with E-state index in [0.29, 0.717) is 11.8 Å². The number of nitrogens with zero attached hydrogens (tertiary/aromatic N) is 3. The van der Waals surface area contributed by atoms with E-state index in [9.17, 15) is 4.79 Å². The summed E-state index contributed by atoms with van der Waals surface area (Å²) in [5, 5.41) is 0.650. The quantitative estimate of drug-likeness (QED) is 0.716. The first-order chi connectivity index (χ1) is 9.63. The molecule has 4 heteroatoms. The van der Waals surface area contributed by atoms with E-state index in [4.69, 9.17) is 0 Å². The van der Waals surface area contributed by atoms with Crippen molar-refractivity contribution in [1.29, 1.82) is 0 Å². The molecule has 0 saturated carbocycles. The molecule has 2 aromatic heterocycles. The van der Waals surface area contributed by atoms with Gasteiger partial charge < -0.3 is 0 Å². The Morgan fingerprint density at radius 2 is 1.65 bits per heavy atom. The maximum absolute atomic E-state index is 12.8. The molecule has 0 fully saturated rings. The molecule has 4 nitrogen and oxygen atoms in total. The third-order valence-corrected chi connectivity index (χ3v) is 3.57. The fraction of sp³-hybridized carbons (Fsp3) is 0.250. The molecule has 0 bridgehead atoms. The highest BCUT2D eigenvalue weighted by Crippen LogP contribution is 2.12. The summed E-state index contributed by atoms with van der Waals surface area (Å²) in [5.41, 5.74) is 2.79. The third kappa shape index (κ3) is 1.76. The van der Waals surface area contributed by atoms with Gasteiger partial charge in [-0.2, -0.15) is 4.68 Å². The van der Waals surface area contributed by atoms with Gasteiger partial charge in [0.2, 0.25) is 0 Å². The molecule has 102 valence electrons. The Hall–Kier alpha value is -2.36. The van der Waals surface area contributed by atoms with Crippen LogP contribution in [0.25, 0.3) is 10.9 Å². The minimum Gasteiger partial charge on any atom is -0.267 e. The first kappa shape index (κ1) is 12.7. The van der Waals surface area contributed by atoms with Crippen LogP contribution in [0.2, 0.25) is 0 Å². The molecule has 0 aliphatic carbocycles. The van der Waals surface area contributed by atoms with Gasteiger partial charge in [-0.1, -0.05) is 19.1 Å². The van der Waals surface area contributed by atoms with Gasteiger partial charge in [0.05, 0.1) is 10.9 Å². The fourth-order valence-corrected chi connectivity index (χ4v) is 2.58. The van der Waals surface area contributed by atoms with Crippen molar-refractivity contribution in [2.45, 2.75) is 27.2 Å². The van der Waals surface area contributed by atoms with Crippen LogP contribution in [0.15, 0.2) is 41.2 Å². The Bertz CT molecular complexity index is 823. The highest BCUT2D eigenvalue weighted by atomic mass is 16.1. The second-order valence-corrected chi connectivity index (χ2v) is 4.94. The predicted molar refractivity (Wildman–Crippen MR) is 80.1 cm³/mol. The summed E-state index contributed by atoms with van der Waals surface area (Å²) in [6.45, 7) is 6.00. The molecule has 0 unspecified atom stereocenters. The first-order valence-corrected chi connectivity index (χ1v) is 6.79. The van der Waals surface area contributed by atoms with Crippen molar-refractivity contribution in [2.75, 3.05) is 0 Å². The molecule has 0 radical (unpaired) electrons. The van der Waals surface area contributed by atoms with Crippen molar-refractivity contribution in [3.63, 3.8) is 0 Å². The number of fused-ring (bicyclic) bond motifs is 1. The number of aryl methyl sites for hydroxylation is 3. The van der Waals surface area contributed by atoms with E-state index in [1.807, 2.05) is 61.8 Å². The van der Waals surface area contributed by atoms with E-state index in [0.717, 1.165) is 22.7 Å². The second kappa shape index (κ2) is 4.63. The molecule has 0 saturated heterocycles. The summed E-state index contributed by atoms with van der Waals surface area (Å²) in [6.07, 6.45) is 0.705. The Kier molecular flexibility index (Phi) is 2.93.